The quantitative estimate of drug-likeness (QED) is 0.315. The number of benzene rings is 3. The van der Waals surface area contributed by atoms with Crippen molar-refractivity contribution in [1.29, 1.82) is 0 Å². The number of halogens is 1. The lowest BCUT2D eigenvalue weighted by Crippen LogP contribution is -2.33. The van der Waals surface area contributed by atoms with Crippen LogP contribution >= 0.6 is 0 Å². The third kappa shape index (κ3) is 5.92. The first kappa shape index (κ1) is 26.0. The van der Waals surface area contributed by atoms with Crippen molar-refractivity contribution in [2.75, 3.05) is 4.90 Å². The summed E-state index contributed by atoms with van der Waals surface area (Å²) in [6.45, 7) is 0.342. The molecule has 4 aromatic rings. The van der Waals surface area contributed by atoms with Gasteiger partial charge in [-0.2, -0.15) is 0 Å². The molecule has 0 spiro atoms. The summed E-state index contributed by atoms with van der Waals surface area (Å²) in [6, 6.07) is 22.0. The number of amides is 1. The maximum Gasteiger partial charge on any atom is 0.227 e. The van der Waals surface area contributed by atoms with E-state index in [2.05, 4.69) is 15.8 Å². The molecule has 0 aliphatic heterocycles. The summed E-state index contributed by atoms with van der Waals surface area (Å²) in [5.74, 6) is 0.298. The Balaban J connectivity index is 1.42. The SMILES string of the molecule is Cn1ccnc1CN(C(=O)CCc1ccccc1)c1ccc2c(c1)C(NS(=O)c1ccccc1F)CCC2. The molecule has 0 radical (unpaired) electrons. The maximum atomic E-state index is 14.3. The van der Waals surface area contributed by atoms with Crippen LogP contribution in [-0.2, 0) is 42.2 Å². The smallest absolute Gasteiger partial charge is 0.227 e. The normalized spacial score (nSPS) is 15.6. The summed E-state index contributed by atoms with van der Waals surface area (Å²) >= 11 is 0. The fourth-order valence-corrected chi connectivity index (χ4v) is 5.99. The Labute approximate surface area is 225 Å². The number of hydrogen-bond acceptors (Lipinski definition) is 3. The third-order valence-electron chi connectivity index (χ3n) is 7.03. The summed E-state index contributed by atoms with van der Waals surface area (Å²) in [5.41, 5.74) is 4.04. The van der Waals surface area contributed by atoms with Crippen LogP contribution in [0.25, 0.3) is 0 Å². The van der Waals surface area contributed by atoms with Gasteiger partial charge in [-0.1, -0.05) is 48.5 Å². The Bertz CT molecular complexity index is 1440. The van der Waals surface area contributed by atoms with Gasteiger partial charge in [-0.05, 0) is 66.6 Å². The fraction of sp³-hybridized carbons (Fsp3) is 0.267. The van der Waals surface area contributed by atoms with Crippen LogP contribution in [0.5, 0.6) is 0 Å². The van der Waals surface area contributed by atoms with E-state index < -0.39 is 16.8 Å². The third-order valence-corrected chi connectivity index (χ3v) is 8.26. The van der Waals surface area contributed by atoms with Crippen LogP contribution in [0.3, 0.4) is 0 Å². The summed E-state index contributed by atoms with van der Waals surface area (Å²) in [7, 11) is 0.218. The molecule has 3 aromatic carbocycles. The zero-order valence-electron chi connectivity index (χ0n) is 21.3. The molecule has 8 heteroatoms. The minimum absolute atomic E-state index is 0.00653. The van der Waals surface area contributed by atoms with Crippen LogP contribution < -0.4 is 9.62 Å². The van der Waals surface area contributed by atoms with Crippen molar-refractivity contribution in [3.05, 3.63) is 114 Å². The molecule has 196 valence electrons. The van der Waals surface area contributed by atoms with Gasteiger partial charge in [-0.25, -0.2) is 18.3 Å². The molecule has 1 aliphatic carbocycles. The highest BCUT2D eigenvalue weighted by atomic mass is 32.2. The van der Waals surface area contributed by atoms with E-state index in [0.29, 0.717) is 19.4 Å². The first-order valence-corrected chi connectivity index (χ1v) is 14.0. The lowest BCUT2D eigenvalue weighted by atomic mass is 9.87. The average molecular weight is 531 g/mol. The Morgan fingerprint density at radius 3 is 2.68 bits per heavy atom. The number of carbonyl (C=O) groups excluding carboxylic acids is 1. The highest BCUT2D eigenvalue weighted by molar-refractivity contribution is 7.83. The molecule has 0 bridgehead atoms. The Morgan fingerprint density at radius 2 is 1.92 bits per heavy atom. The van der Waals surface area contributed by atoms with Crippen molar-refractivity contribution in [2.24, 2.45) is 7.05 Å². The number of imidazole rings is 1. The first-order chi connectivity index (χ1) is 18.5. The molecule has 5 rings (SSSR count). The van der Waals surface area contributed by atoms with Gasteiger partial charge >= 0.3 is 0 Å². The lowest BCUT2D eigenvalue weighted by molar-refractivity contribution is -0.118. The van der Waals surface area contributed by atoms with Crippen LogP contribution in [0.1, 0.15) is 47.8 Å². The molecule has 0 fully saturated rings. The predicted octanol–water partition coefficient (Wildman–Crippen LogP) is 5.42. The number of aromatic nitrogens is 2. The predicted molar refractivity (Wildman–Crippen MR) is 147 cm³/mol. The molecule has 0 saturated carbocycles. The first-order valence-electron chi connectivity index (χ1n) is 12.9. The standard InChI is InChI=1S/C30H31FN4O2S/c1-34-19-18-32-29(34)21-35(30(36)17-14-22-8-3-2-4-9-22)24-16-15-23-10-7-12-27(25(23)20-24)33-38(37)28-13-6-5-11-26(28)31/h2-6,8-9,11,13,15-16,18-20,27,33H,7,10,12,14,17,21H2,1H3. The van der Waals surface area contributed by atoms with E-state index in [-0.39, 0.29) is 16.8 Å². The second-order valence-electron chi connectivity index (χ2n) is 9.56. The number of carbonyl (C=O) groups is 1. The zero-order valence-corrected chi connectivity index (χ0v) is 22.2. The number of fused-ring (bicyclic) bond motifs is 1. The van der Waals surface area contributed by atoms with Gasteiger partial charge in [-0.3, -0.25) is 4.79 Å². The van der Waals surface area contributed by atoms with E-state index in [9.17, 15) is 13.4 Å². The van der Waals surface area contributed by atoms with Crippen molar-refractivity contribution in [3.8, 4) is 0 Å². The molecule has 1 aliphatic rings. The van der Waals surface area contributed by atoms with E-state index in [1.54, 1.807) is 29.3 Å². The van der Waals surface area contributed by atoms with Crippen molar-refractivity contribution in [3.63, 3.8) is 0 Å². The molecule has 1 aromatic heterocycles. The minimum Gasteiger partial charge on any atom is -0.337 e. The van der Waals surface area contributed by atoms with E-state index in [1.165, 1.54) is 6.07 Å². The van der Waals surface area contributed by atoms with Crippen LogP contribution in [0, 0.1) is 5.82 Å². The molecular formula is C30H31FN4O2S. The summed E-state index contributed by atoms with van der Waals surface area (Å²) in [5, 5.41) is 0. The maximum absolute atomic E-state index is 14.3. The van der Waals surface area contributed by atoms with Gasteiger partial charge < -0.3 is 9.47 Å². The van der Waals surface area contributed by atoms with E-state index in [4.69, 9.17) is 0 Å². The summed E-state index contributed by atoms with van der Waals surface area (Å²) < 4.78 is 32.4. The second-order valence-corrected chi connectivity index (χ2v) is 10.8. The Hall–Kier alpha value is -3.62. The fourth-order valence-electron chi connectivity index (χ4n) is 4.91. The van der Waals surface area contributed by atoms with Gasteiger partial charge in [0.05, 0.1) is 11.4 Å². The minimum atomic E-state index is -1.70. The van der Waals surface area contributed by atoms with Gasteiger partial charge in [-0.15, -0.1) is 0 Å². The molecular weight excluding hydrogens is 499 g/mol. The van der Waals surface area contributed by atoms with E-state index in [0.717, 1.165) is 47.5 Å². The Kier molecular flexibility index (Phi) is 8.10. The van der Waals surface area contributed by atoms with Gasteiger partial charge in [0.25, 0.3) is 0 Å². The highest BCUT2D eigenvalue weighted by Gasteiger charge is 2.26. The van der Waals surface area contributed by atoms with Gasteiger partial charge in [0.1, 0.15) is 22.6 Å². The number of nitrogens with zero attached hydrogens (tertiary/aromatic N) is 3. The second kappa shape index (κ2) is 11.8. The topological polar surface area (TPSA) is 67.2 Å². The van der Waals surface area contributed by atoms with Crippen molar-refractivity contribution >= 4 is 22.6 Å². The number of nitrogens with one attached hydrogen (secondary N) is 1. The van der Waals surface area contributed by atoms with Gasteiger partial charge in [0, 0.05) is 37.6 Å². The summed E-state index contributed by atoms with van der Waals surface area (Å²) in [4.78, 5) is 20.0. The number of anilines is 1. The van der Waals surface area contributed by atoms with Crippen LogP contribution in [0.4, 0.5) is 10.1 Å². The van der Waals surface area contributed by atoms with Crippen LogP contribution in [-0.4, -0.2) is 19.7 Å². The molecule has 1 N–H and O–H groups in total. The van der Waals surface area contributed by atoms with Crippen molar-refractivity contribution < 1.29 is 13.4 Å². The zero-order chi connectivity index (χ0) is 26.5. The molecule has 2 atom stereocenters. The van der Waals surface area contributed by atoms with Crippen LogP contribution in [0.15, 0.2) is 90.1 Å². The average Bonchev–Trinajstić information content (AvgIpc) is 3.35. The lowest BCUT2D eigenvalue weighted by Gasteiger charge is -2.29. The molecule has 6 nitrogen and oxygen atoms in total. The highest BCUT2D eigenvalue weighted by Crippen LogP contribution is 2.34. The van der Waals surface area contributed by atoms with Crippen LogP contribution in [0.2, 0.25) is 0 Å². The van der Waals surface area contributed by atoms with Gasteiger partial charge in [0.15, 0.2) is 0 Å². The van der Waals surface area contributed by atoms with E-state index in [1.807, 2.05) is 60.3 Å². The monoisotopic (exact) mass is 530 g/mol. The number of hydrogen-bond donors (Lipinski definition) is 1. The number of rotatable bonds is 9. The number of aryl methyl sites for hydroxylation is 3. The van der Waals surface area contributed by atoms with E-state index >= 15 is 0 Å². The van der Waals surface area contributed by atoms with Crippen molar-refractivity contribution in [1.82, 2.24) is 14.3 Å². The largest absolute Gasteiger partial charge is 0.337 e. The van der Waals surface area contributed by atoms with Crippen molar-refractivity contribution in [2.45, 2.75) is 49.6 Å². The molecule has 38 heavy (non-hydrogen) atoms. The molecule has 1 heterocycles. The molecule has 1 amide bonds. The van der Waals surface area contributed by atoms with Gasteiger partial charge in [0.2, 0.25) is 5.91 Å². The summed E-state index contributed by atoms with van der Waals surface area (Å²) in [6.07, 6.45) is 7.22. The molecule has 2 unspecified atom stereocenters. The Morgan fingerprint density at radius 1 is 1.13 bits per heavy atom. The molecule has 0 saturated heterocycles.